The Hall–Kier alpha value is -4.37. The van der Waals surface area contributed by atoms with E-state index < -0.39 is 6.04 Å². The summed E-state index contributed by atoms with van der Waals surface area (Å²) in [6, 6.07) is 20.7. The van der Waals surface area contributed by atoms with E-state index in [2.05, 4.69) is 26.6 Å². The lowest BCUT2D eigenvalue weighted by Gasteiger charge is -2.34. The minimum atomic E-state index is -0.815. The second-order valence-corrected chi connectivity index (χ2v) is 11.5. The molecule has 0 aliphatic carbocycles. The summed E-state index contributed by atoms with van der Waals surface area (Å²) < 4.78 is 19.2. The molecular formula is C34H40FN5O3. The highest BCUT2D eigenvalue weighted by Crippen LogP contribution is 2.29. The lowest BCUT2D eigenvalue weighted by atomic mass is 9.92. The van der Waals surface area contributed by atoms with Crippen molar-refractivity contribution in [1.29, 1.82) is 0 Å². The summed E-state index contributed by atoms with van der Waals surface area (Å²) in [4.78, 5) is 34.5. The van der Waals surface area contributed by atoms with Gasteiger partial charge in [-0.1, -0.05) is 37.3 Å². The number of hydrogen-bond donors (Lipinski definition) is 3. The summed E-state index contributed by atoms with van der Waals surface area (Å²) in [5.74, 6) is -0.280. The Morgan fingerprint density at radius 2 is 1.79 bits per heavy atom. The zero-order valence-electron chi connectivity index (χ0n) is 25.0. The first-order chi connectivity index (χ1) is 20.8. The minimum Gasteiger partial charge on any atom is -0.490 e. The second-order valence-electron chi connectivity index (χ2n) is 11.5. The number of amides is 3. The molecule has 2 unspecified atom stereocenters. The van der Waals surface area contributed by atoms with Crippen molar-refractivity contribution in [3.05, 3.63) is 95.9 Å². The molecule has 4 aromatic rings. The monoisotopic (exact) mass is 585 g/mol. The average Bonchev–Trinajstić information content (AvgIpc) is 3.44. The Bertz CT molecular complexity index is 1530. The molecular weight excluding hydrogens is 545 g/mol. The molecule has 0 saturated carbocycles. The standard InChI is InChI=1S/C34H40FN5O3/c1-23(30-22-36-31-10-5-4-9-29(30)31)32(33(41)37-26-8-6-7-24(21-26)15-18-39(2)3)38-34(42)40-19-16-28(17-20-40)43-27-13-11-25(35)12-14-27/h4-14,21-23,28,32,36H,15-20H2,1-3H3,(H,37,41)(H,38,42). The zero-order chi connectivity index (χ0) is 30.3. The summed E-state index contributed by atoms with van der Waals surface area (Å²) in [6.07, 6.45) is 3.99. The molecule has 0 bridgehead atoms. The van der Waals surface area contributed by atoms with E-state index in [-0.39, 0.29) is 29.8 Å². The quantitative estimate of drug-likeness (QED) is 0.220. The van der Waals surface area contributed by atoms with Gasteiger partial charge in [-0.15, -0.1) is 0 Å². The van der Waals surface area contributed by atoms with Gasteiger partial charge in [-0.05, 0) is 74.1 Å². The molecule has 1 saturated heterocycles. The first-order valence-electron chi connectivity index (χ1n) is 14.8. The first-order valence-corrected chi connectivity index (χ1v) is 14.8. The Kier molecular flexibility index (Phi) is 9.61. The molecule has 43 heavy (non-hydrogen) atoms. The third kappa shape index (κ3) is 7.73. The number of likely N-dealkylation sites (N-methyl/N-ethyl adjacent to an activating group) is 1. The molecule has 3 aromatic carbocycles. The Balaban J connectivity index is 1.29. The maximum absolute atomic E-state index is 13.9. The van der Waals surface area contributed by atoms with E-state index in [0.717, 1.165) is 35.0 Å². The largest absolute Gasteiger partial charge is 0.490 e. The summed E-state index contributed by atoms with van der Waals surface area (Å²) in [7, 11) is 4.07. The maximum atomic E-state index is 13.9. The van der Waals surface area contributed by atoms with Crippen molar-refractivity contribution in [2.24, 2.45) is 0 Å². The average molecular weight is 586 g/mol. The Morgan fingerprint density at radius 1 is 1.05 bits per heavy atom. The summed E-state index contributed by atoms with van der Waals surface area (Å²) >= 11 is 0. The fourth-order valence-corrected chi connectivity index (χ4v) is 5.55. The predicted octanol–water partition coefficient (Wildman–Crippen LogP) is 5.77. The molecule has 2 heterocycles. The van der Waals surface area contributed by atoms with Crippen LogP contribution in [0.25, 0.3) is 10.9 Å². The van der Waals surface area contributed by atoms with Crippen molar-refractivity contribution in [2.75, 3.05) is 39.0 Å². The van der Waals surface area contributed by atoms with E-state index in [1.807, 2.05) is 69.7 Å². The van der Waals surface area contributed by atoms with Gasteiger partial charge in [0.2, 0.25) is 5.91 Å². The number of rotatable bonds is 10. The minimum absolute atomic E-state index is 0.0708. The van der Waals surface area contributed by atoms with Crippen LogP contribution in [-0.2, 0) is 11.2 Å². The normalized spacial score (nSPS) is 15.3. The van der Waals surface area contributed by atoms with Crippen molar-refractivity contribution in [1.82, 2.24) is 20.1 Å². The van der Waals surface area contributed by atoms with Crippen LogP contribution >= 0.6 is 0 Å². The number of nitrogens with one attached hydrogen (secondary N) is 3. The van der Waals surface area contributed by atoms with E-state index >= 15 is 0 Å². The van der Waals surface area contributed by atoms with Gasteiger partial charge in [-0.3, -0.25) is 4.79 Å². The van der Waals surface area contributed by atoms with Crippen LogP contribution in [0.2, 0.25) is 0 Å². The molecule has 3 amide bonds. The zero-order valence-corrected chi connectivity index (χ0v) is 25.0. The van der Waals surface area contributed by atoms with Crippen LogP contribution in [0.4, 0.5) is 14.9 Å². The van der Waals surface area contributed by atoms with Crippen LogP contribution in [0.1, 0.15) is 36.8 Å². The number of para-hydroxylation sites is 1. The van der Waals surface area contributed by atoms with Gasteiger partial charge in [-0.2, -0.15) is 0 Å². The molecule has 0 radical (unpaired) electrons. The first kappa shape index (κ1) is 30.1. The number of nitrogens with zero attached hydrogens (tertiary/aromatic N) is 2. The van der Waals surface area contributed by atoms with E-state index in [4.69, 9.17) is 4.74 Å². The van der Waals surface area contributed by atoms with Crippen LogP contribution in [0.5, 0.6) is 5.75 Å². The van der Waals surface area contributed by atoms with Crippen molar-refractivity contribution in [3.63, 3.8) is 0 Å². The van der Waals surface area contributed by atoms with Crippen LogP contribution in [-0.4, -0.2) is 72.6 Å². The van der Waals surface area contributed by atoms with Crippen molar-refractivity contribution in [2.45, 2.75) is 44.2 Å². The molecule has 226 valence electrons. The number of fused-ring (bicyclic) bond motifs is 1. The Morgan fingerprint density at radius 3 is 2.53 bits per heavy atom. The van der Waals surface area contributed by atoms with E-state index in [1.54, 1.807) is 17.0 Å². The topological polar surface area (TPSA) is 89.7 Å². The van der Waals surface area contributed by atoms with Gasteiger partial charge in [0.05, 0.1) is 0 Å². The number of benzene rings is 3. The van der Waals surface area contributed by atoms with Crippen molar-refractivity contribution < 1.29 is 18.7 Å². The van der Waals surface area contributed by atoms with Gasteiger partial charge in [-0.25, -0.2) is 9.18 Å². The number of urea groups is 1. The van der Waals surface area contributed by atoms with Gasteiger partial charge in [0.15, 0.2) is 0 Å². The van der Waals surface area contributed by atoms with Gasteiger partial charge < -0.3 is 30.2 Å². The van der Waals surface area contributed by atoms with Gasteiger partial charge in [0, 0.05) is 61.2 Å². The molecule has 1 aliphatic heterocycles. The highest BCUT2D eigenvalue weighted by atomic mass is 19.1. The molecule has 9 heteroatoms. The van der Waals surface area contributed by atoms with E-state index in [9.17, 15) is 14.0 Å². The third-order valence-electron chi connectivity index (χ3n) is 8.06. The highest BCUT2D eigenvalue weighted by molar-refractivity contribution is 5.98. The van der Waals surface area contributed by atoms with Crippen LogP contribution in [0.3, 0.4) is 0 Å². The number of carbonyl (C=O) groups excluding carboxylic acids is 2. The third-order valence-corrected chi connectivity index (χ3v) is 8.06. The number of aromatic amines is 1. The predicted molar refractivity (Wildman–Crippen MR) is 168 cm³/mol. The number of carbonyl (C=O) groups is 2. The number of ether oxygens (including phenoxy) is 1. The number of anilines is 1. The molecule has 1 aromatic heterocycles. The lowest BCUT2D eigenvalue weighted by molar-refractivity contribution is -0.118. The number of hydrogen-bond acceptors (Lipinski definition) is 4. The molecule has 8 nitrogen and oxygen atoms in total. The number of H-pyrrole nitrogens is 1. The van der Waals surface area contributed by atoms with Crippen LogP contribution in [0, 0.1) is 5.82 Å². The highest BCUT2D eigenvalue weighted by Gasteiger charge is 2.32. The van der Waals surface area contributed by atoms with Gasteiger partial charge >= 0.3 is 6.03 Å². The molecule has 1 aliphatic rings. The van der Waals surface area contributed by atoms with E-state index in [0.29, 0.717) is 37.4 Å². The molecule has 5 rings (SSSR count). The smallest absolute Gasteiger partial charge is 0.318 e. The number of piperidine rings is 1. The van der Waals surface area contributed by atoms with E-state index in [1.165, 1.54) is 12.1 Å². The number of aromatic nitrogens is 1. The van der Waals surface area contributed by atoms with Crippen LogP contribution in [0.15, 0.2) is 79.0 Å². The second kappa shape index (κ2) is 13.7. The van der Waals surface area contributed by atoms with Crippen molar-refractivity contribution in [3.8, 4) is 5.75 Å². The van der Waals surface area contributed by atoms with Crippen LogP contribution < -0.4 is 15.4 Å². The fraction of sp³-hybridized carbons (Fsp3) is 0.353. The summed E-state index contributed by atoms with van der Waals surface area (Å²) in [5.41, 5.74) is 3.77. The number of likely N-dealkylation sites (tertiary alicyclic amines) is 1. The number of halogens is 1. The molecule has 3 N–H and O–H groups in total. The fourth-order valence-electron chi connectivity index (χ4n) is 5.55. The van der Waals surface area contributed by atoms with Gasteiger partial charge in [0.25, 0.3) is 0 Å². The lowest BCUT2D eigenvalue weighted by Crippen LogP contribution is -2.53. The molecule has 1 fully saturated rings. The summed E-state index contributed by atoms with van der Waals surface area (Å²) in [5, 5.41) is 7.14. The molecule has 2 atom stereocenters. The maximum Gasteiger partial charge on any atom is 0.318 e. The van der Waals surface area contributed by atoms with Crippen molar-refractivity contribution >= 4 is 28.5 Å². The van der Waals surface area contributed by atoms with Gasteiger partial charge in [0.1, 0.15) is 23.7 Å². The SMILES string of the molecule is CC(c1c[nH]c2ccccc12)C(NC(=O)N1CCC(Oc2ccc(F)cc2)CC1)C(=O)Nc1cccc(CCN(C)C)c1. The summed E-state index contributed by atoms with van der Waals surface area (Å²) in [6.45, 7) is 3.85. The molecule has 0 spiro atoms. The Labute approximate surface area is 252 Å².